The fourth-order valence-corrected chi connectivity index (χ4v) is 1.92. The molecule has 8 nitrogen and oxygen atoms in total. The predicted molar refractivity (Wildman–Crippen MR) is 76.1 cm³/mol. The van der Waals surface area contributed by atoms with E-state index in [9.17, 15) is 9.59 Å². The number of aromatic nitrogens is 2. The Morgan fingerprint density at radius 1 is 1.38 bits per heavy atom. The Balaban J connectivity index is 1.92. The maximum absolute atomic E-state index is 11.7. The first kappa shape index (κ1) is 15.0. The molecule has 110 valence electrons. The summed E-state index contributed by atoms with van der Waals surface area (Å²) in [6.45, 7) is 0.296. The highest BCUT2D eigenvalue weighted by molar-refractivity contribution is 9.10. The van der Waals surface area contributed by atoms with Crippen molar-refractivity contribution < 1.29 is 19.2 Å². The lowest BCUT2D eigenvalue weighted by Crippen LogP contribution is -2.31. The fraction of sp³-hybridized carbons (Fsp3) is 0.167. The number of amides is 2. The van der Waals surface area contributed by atoms with Crippen LogP contribution in [0.1, 0.15) is 16.2 Å². The zero-order chi connectivity index (χ0) is 15.2. The molecule has 0 bridgehead atoms. The number of nitrogens with zero attached hydrogens (tertiary/aromatic N) is 2. The number of carboxylic acid groups (broad SMARTS) is 1. The van der Waals surface area contributed by atoms with Gasteiger partial charge in [-0.05, 0) is 18.2 Å². The summed E-state index contributed by atoms with van der Waals surface area (Å²) in [4.78, 5) is 26.6. The second kappa shape index (κ2) is 6.84. The summed E-state index contributed by atoms with van der Waals surface area (Å²) in [7, 11) is 0. The van der Waals surface area contributed by atoms with Crippen LogP contribution in [0.3, 0.4) is 0 Å². The average molecular weight is 355 g/mol. The number of hydrogen-bond donors (Lipinski definition) is 3. The van der Waals surface area contributed by atoms with Gasteiger partial charge < -0.3 is 20.3 Å². The van der Waals surface area contributed by atoms with Crippen LogP contribution in [0.25, 0.3) is 0 Å². The number of hydrogen-bond acceptors (Lipinski definition) is 5. The highest BCUT2D eigenvalue weighted by atomic mass is 79.9. The Bertz CT molecular complexity index is 645. The van der Waals surface area contributed by atoms with Crippen molar-refractivity contribution >= 4 is 33.6 Å². The quantitative estimate of drug-likeness (QED) is 0.754. The van der Waals surface area contributed by atoms with E-state index in [0.29, 0.717) is 23.3 Å². The van der Waals surface area contributed by atoms with E-state index in [1.54, 1.807) is 6.07 Å². The Labute approximate surface area is 127 Å². The molecule has 0 unspecified atom stereocenters. The molecule has 2 aromatic rings. The molecule has 0 spiro atoms. The molecule has 2 rings (SSSR count). The molecular weight excluding hydrogens is 344 g/mol. The minimum atomic E-state index is -1.13. The third-order valence-corrected chi connectivity index (χ3v) is 2.99. The molecule has 0 saturated carbocycles. The number of carbonyl (C=O) groups excluding carboxylic acids is 1. The summed E-state index contributed by atoms with van der Waals surface area (Å²) in [5, 5.41) is 17.7. The molecule has 0 radical (unpaired) electrons. The number of aromatic carboxylic acids is 1. The molecule has 0 aliphatic carbocycles. The van der Waals surface area contributed by atoms with Crippen LogP contribution in [0.5, 0.6) is 0 Å². The van der Waals surface area contributed by atoms with Gasteiger partial charge in [-0.15, -0.1) is 0 Å². The maximum atomic E-state index is 11.7. The molecule has 0 saturated heterocycles. The molecule has 1 aromatic heterocycles. The van der Waals surface area contributed by atoms with Crippen LogP contribution in [0.4, 0.5) is 10.5 Å². The molecular formula is C12H11BrN4O4. The first-order chi connectivity index (χ1) is 10.1. The Kier molecular flexibility index (Phi) is 4.88. The number of halogens is 1. The number of carboxylic acids is 1. The number of carbonyl (C=O) groups is 2. The van der Waals surface area contributed by atoms with E-state index in [1.807, 2.05) is 0 Å². The minimum Gasteiger partial charge on any atom is -0.478 e. The van der Waals surface area contributed by atoms with Gasteiger partial charge in [-0.3, -0.25) is 0 Å². The fourth-order valence-electron chi connectivity index (χ4n) is 1.56. The second-order valence-electron chi connectivity index (χ2n) is 3.97. The molecule has 0 aliphatic heterocycles. The zero-order valence-electron chi connectivity index (χ0n) is 10.7. The Hall–Kier alpha value is -2.42. The SMILES string of the molecule is O=C(NCCc1ncon1)Nc1ccc(Br)cc1C(=O)O. The summed E-state index contributed by atoms with van der Waals surface area (Å²) in [6, 6.07) is 4.05. The Morgan fingerprint density at radius 2 is 2.19 bits per heavy atom. The highest BCUT2D eigenvalue weighted by Crippen LogP contribution is 2.21. The standard InChI is InChI=1S/C12H11BrN4O4/c13-7-1-2-9(8(5-7)11(18)19)16-12(20)14-4-3-10-15-6-21-17-10/h1-2,5-6H,3-4H2,(H,18,19)(H2,14,16,20). The van der Waals surface area contributed by atoms with Gasteiger partial charge in [-0.1, -0.05) is 21.1 Å². The van der Waals surface area contributed by atoms with Crippen molar-refractivity contribution in [3.05, 3.63) is 40.5 Å². The predicted octanol–water partition coefficient (Wildman–Crippen LogP) is 1.89. The van der Waals surface area contributed by atoms with Crippen LogP contribution in [0.2, 0.25) is 0 Å². The summed E-state index contributed by atoms with van der Waals surface area (Å²) >= 11 is 3.18. The highest BCUT2D eigenvalue weighted by Gasteiger charge is 2.12. The summed E-state index contributed by atoms with van der Waals surface area (Å²) in [5.41, 5.74) is 0.209. The first-order valence-electron chi connectivity index (χ1n) is 5.89. The van der Waals surface area contributed by atoms with Gasteiger partial charge in [-0.25, -0.2) is 9.59 Å². The van der Waals surface area contributed by atoms with Crippen LogP contribution in [-0.4, -0.2) is 33.8 Å². The molecule has 1 aromatic carbocycles. The van der Waals surface area contributed by atoms with E-state index in [1.165, 1.54) is 18.5 Å². The molecule has 0 fully saturated rings. The van der Waals surface area contributed by atoms with Gasteiger partial charge in [0.1, 0.15) is 0 Å². The normalized spacial score (nSPS) is 10.1. The zero-order valence-corrected chi connectivity index (χ0v) is 12.3. The van der Waals surface area contributed by atoms with Crippen molar-refractivity contribution in [2.45, 2.75) is 6.42 Å². The van der Waals surface area contributed by atoms with Crippen LogP contribution in [0.15, 0.2) is 33.6 Å². The molecule has 0 atom stereocenters. The van der Waals surface area contributed by atoms with Gasteiger partial charge in [0.15, 0.2) is 5.82 Å². The Morgan fingerprint density at radius 3 is 2.86 bits per heavy atom. The first-order valence-corrected chi connectivity index (χ1v) is 6.68. The number of rotatable bonds is 5. The molecule has 2 amide bonds. The van der Waals surface area contributed by atoms with Crippen molar-refractivity contribution in [3.63, 3.8) is 0 Å². The van der Waals surface area contributed by atoms with Gasteiger partial charge in [0.05, 0.1) is 11.3 Å². The number of benzene rings is 1. The van der Waals surface area contributed by atoms with Crippen LogP contribution < -0.4 is 10.6 Å². The van der Waals surface area contributed by atoms with Crippen molar-refractivity contribution in [3.8, 4) is 0 Å². The van der Waals surface area contributed by atoms with Gasteiger partial charge in [0, 0.05) is 17.4 Å². The third kappa shape index (κ3) is 4.28. The molecule has 21 heavy (non-hydrogen) atoms. The lowest BCUT2D eigenvalue weighted by atomic mass is 10.2. The van der Waals surface area contributed by atoms with Crippen LogP contribution in [0, 0.1) is 0 Å². The summed E-state index contributed by atoms with van der Waals surface area (Å²) in [6.07, 6.45) is 1.62. The number of anilines is 1. The van der Waals surface area contributed by atoms with Crippen LogP contribution in [-0.2, 0) is 6.42 Å². The molecule has 1 heterocycles. The molecule has 9 heteroatoms. The minimum absolute atomic E-state index is 0.00214. The van der Waals surface area contributed by atoms with E-state index >= 15 is 0 Å². The van der Waals surface area contributed by atoms with Gasteiger partial charge >= 0.3 is 12.0 Å². The average Bonchev–Trinajstić information content (AvgIpc) is 2.94. The number of nitrogens with one attached hydrogen (secondary N) is 2. The lowest BCUT2D eigenvalue weighted by Gasteiger charge is -2.09. The molecule has 3 N–H and O–H groups in total. The van der Waals surface area contributed by atoms with E-state index in [0.717, 1.165) is 0 Å². The largest absolute Gasteiger partial charge is 0.478 e. The third-order valence-electron chi connectivity index (χ3n) is 2.50. The van der Waals surface area contributed by atoms with E-state index in [2.05, 4.69) is 41.2 Å². The lowest BCUT2D eigenvalue weighted by molar-refractivity contribution is 0.0698. The topological polar surface area (TPSA) is 117 Å². The van der Waals surface area contributed by atoms with Gasteiger partial charge in [-0.2, -0.15) is 4.98 Å². The van der Waals surface area contributed by atoms with E-state index in [4.69, 9.17) is 5.11 Å². The molecule has 0 aliphatic rings. The van der Waals surface area contributed by atoms with Gasteiger partial charge in [0.25, 0.3) is 0 Å². The van der Waals surface area contributed by atoms with E-state index in [-0.39, 0.29) is 11.3 Å². The van der Waals surface area contributed by atoms with Crippen molar-refractivity contribution in [1.29, 1.82) is 0 Å². The van der Waals surface area contributed by atoms with Crippen molar-refractivity contribution in [1.82, 2.24) is 15.5 Å². The summed E-state index contributed by atoms with van der Waals surface area (Å²) in [5.74, 6) is -0.649. The van der Waals surface area contributed by atoms with Crippen molar-refractivity contribution in [2.24, 2.45) is 0 Å². The van der Waals surface area contributed by atoms with Crippen LogP contribution >= 0.6 is 15.9 Å². The summed E-state index contributed by atoms with van der Waals surface area (Å²) < 4.78 is 5.18. The number of urea groups is 1. The van der Waals surface area contributed by atoms with E-state index < -0.39 is 12.0 Å². The monoisotopic (exact) mass is 354 g/mol. The van der Waals surface area contributed by atoms with Crippen molar-refractivity contribution in [2.75, 3.05) is 11.9 Å². The maximum Gasteiger partial charge on any atom is 0.337 e. The van der Waals surface area contributed by atoms with Gasteiger partial charge in [0.2, 0.25) is 6.39 Å². The second-order valence-corrected chi connectivity index (χ2v) is 4.89. The smallest absolute Gasteiger partial charge is 0.337 e.